The number of rotatable bonds is 23. The molecule has 20 saturated heterocycles. The lowest BCUT2D eigenvalue weighted by Gasteiger charge is -2.50. The summed E-state index contributed by atoms with van der Waals surface area (Å²) in [5.74, 6) is -1.68. The topological polar surface area (TPSA) is 603 Å². The van der Waals surface area contributed by atoms with Gasteiger partial charge in [-0.2, -0.15) is 23.5 Å². The number of aliphatic hydroxyl groups is 19. The molecule has 44 heteroatoms. The summed E-state index contributed by atoms with van der Waals surface area (Å²) in [5, 5.41) is 218. The second kappa shape index (κ2) is 38.4. The third-order valence-electron chi connectivity index (χ3n) is 17.3. The van der Waals surface area contributed by atoms with Gasteiger partial charge in [-0.1, -0.05) is 13.3 Å². The summed E-state index contributed by atoms with van der Waals surface area (Å²) >= 11 is 1.76. The fourth-order valence-corrected chi connectivity index (χ4v) is 13.7. The summed E-state index contributed by atoms with van der Waals surface area (Å²) in [6.07, 6.45) is -68.7. The maximum absolute atomic E-state index is 13.0. The first-order valence-corrected chi connectivity index (χ1v) is 33.6. The van der Waals surface area contributed by atoms with Gasteiger partial charge in [0.15, 0.2) is 37.7 Å². The van der Waals surface area contributed by atoms with E-state index in [4.69, 9.17) is 87.8 Å². The largest absolute Gasteiger partial charge is 0.394 e. The van der Waals surface area contributed by atoms with E-state index in [1.807, 2.05) is 6.92 Å². The number of nitrogens with one attached hydrogen (secondary N) is 1. The lowest BCUT2D eigenvalue weighted by Crippen LogP contribution is -2.68. The summed E-state index contributed by atoms with van der Waals surface area (Å²) in [6, 6.07) is -2.45. The fraction of sp³-hybridized carbons (Fsp3) is 0.943. The van der Waals surface area contributed by atoms with Crippen LogP contribution in [0.25, 0.3) is 0 Å². The quantitative estimate of drug-likeness (QED) is 0.0334. The molecule has 12 bridgehead atoms. The first-order chi connectivity index (χ1) is 46.1. The number of aliphatic hydroxyl groups excluding tert-OH is 19. The number of ether oxygens (including phenoxy) is 12. The van der Waals surface area contributed by atoms with Gasteiger partial charge in [-0.3, -0.25) is 4.79 Å². The van der Waals surface area contributed by atoms with E-state index >= 15 is 0 Å². The van der Waals surface area contributed by atoms with Gasteiger partial charge in [0.25, 0.3) is 0 Å². The first kappa shape index (κ1) is 82.7. The highest BCUT2D eigenvalue weighted by atomic mass is 32.2. The van der Waals surface area contributed by atoms with Crippen molar-refractivity contribution < 1.29 is 178 Å². The minimum absolute atomic E-state index is 0.0425. The van der Waals surface area contributed by atoms with E-state index in [1.54, 1.807) is 0 Å². The van der Waals surface area contributed by atoms with Crippen molar-refractivity contribution in [2.45, 2.75) is 254 Å². The third-order valence-corrected chi connectivity index (χ3v) is 19.5. The number of thioether (sulfide) groups is 2. The SMILES string of the molecule is [B][B]C(=O)[C@H](N)CSCC1OC2OC3C(CO)OC(OC4C(CO)OC(OC(C(O)[C@@H](C)O)C(CO)OOC5C(CSC[C@@H](NC(=O)CCCC)C(=O)[B][B])OC(OC6C(CO)OC(OC7C(CO)OC(OC1C(O)C2O)C(O)C7O)C(O)C6O)C(O)C5O)C(O)C4O)C(O)C3O. The molecule has 20 rings (SSSR count). The molecule has 20 aliphatic heterocycles. The van der Waals surface area contributed by atoms with Gasteiger partial charge in [0.05, 0.1) is 68.7 Å². The van der Waals surface area contributed by atoms with Crippen molar-refractivity contribution in [1.82, 2.24) is 5.32 Å². The number of amides is 1. The van der Waals surface area contributed by atoms with Crippen molar-refractivity contribution in [3.63, 3.8) is 0 Å². The number of hydrogen-bond acceptors (Lipinski definition) is 39. The molecule has 6 radical (unpaired) electrons. The molecule has 0 aromatic carbocycles. The van der Waals surface area contributed by atoms with Gasteiger partial charge in [-0.15, -0.1) is 0 Å². The van der Waals surface area contributed by atoms with Crippen LogP contribution in [0, 0.1) is 0 Å². The van der Waals surface area contributed by atoms with Crippen LogP contribution in [0.3, 0.4) is 0 Å². The molecule has 1 amide bonds. The van der Waals surface area contributed by atoms with Gasteiger partial charge >= 0.3 is 0 Å². The maximum Gasteiger partial charge on any atom is 0.220 e. The van der Waals surface area contributed by atoms with E-state index in [2.05, 4.69) is 5.32 Å². The second-order valence-corrected chi connectivity index (χ2v) is 26.3. The summed E-state index contributed by atoms with van der Waals surface area (Å²) in [4.78, 5) is 49.2. The Morgan fingerprint density at radius 1 is 0.443 bits per heavy atom. The normalized spacial score (nSPS) is 44.6. The molecule has 550 valence electrons. The van der Waals surface area contributed by atoms with E-state index < -0.39 is 277 Å². The van der Waals surface area contributed by atoms with Crippen molar-refractivity contribution in [3.05, 3.63) is 0 Å². The molecule has 0 spiro atoms. The molecule has 22 N–H and O–H groups in total. The van der Waals surface area contributed by atoms with Crippen LogP contribution in [0.15, 0.2) is 0 Å². The van der Waals surface area contributed by atoms with Gasteiger partial charge < -0.3 is 175 Å². The first-order valence-electron chi connectivity index (χ1n) is 31.3. The Kier molecular flexibility index (Phi) is 32.8. The van der Waals surface area contributed by atoms with Gasteiger partial charge in [0.2, 0.25) is 5.91 Å². The van der Waals surface area contributed by atoms with Gasteiger partial charge in [-0.05, 0) is 13.3 Å². The van der Waals surface area contributed by atoms with Crippen LogP contribution in [0.1, 0.15) is 33.1 Å². The van der Waals surface area contributed by atoms with Gasteiger partial charge in [0, 0.05) is 44.9 Å². The van der Waals surface area contributed by atoms with E-state index in [0.717, 1.165) is 44.8 Å². The Balaban J connectivity index is 1.24. The molecule has 0 aromatic heterocycles. The number of unbranched alkanes of at least 4 members (excludes halogenated alkanes) is 1. The summed E-state index contributed by atoms with van der Waals surface area (Å²) in [6.45, 7) is -2.75. The Hall–Kier alpha value is -1.59. The zero-order valence-corrected chi connectivity index (χ0v) is 54.0. The molecule has 36 atom stereocenters. The Labute approximate surface area is 567 Å². The van der Waals surface area contributed by atoms with E-state index in [9.17, 15) is 111 Å². The zero-order valence-electron chi connectivity index (χ0n) is 52.4. The van der Waals surface area contributed by atoms with Crippen LogP contribution in [0.4, 0.5) is 0 Å². The van der Waals surface area contributed by atoms with Crippen LogP contribution in [0.5, 0.6) is 0 Å². The van der Waals surface area contributed by atoms with E-state index in [-0.39, 0.29) is 23.7 Å². The highest BCUT2D eigenvalue weighted by Crippen LogP contribution is 2.39. The number of carbonyl (C=O) groups is 3. The number of hydrogen-bond donors (Lipinski definition) is 21. The number of carbonyl (C=O) groups excluding carboxylic acids is 3. The summed E-state index contributed by atoms with van der Waals surface area (Å²) in [5.41, 5.74) is 4.56. The molecule has 38 nitrogen and oxygen atoms in total. The van der Waals surface area contributed by atoms with Crippen LogP contribution < -0.4 is 11.1 Å². The fourth-order valence-electron chi connectivity index (χ4n) is 11.6. The minimum Gasteiger partial charge on any atom is -0.394 e. The molecular weight excluding hydrogens is 1350 g/mol. The van der Waals surface area contributed by atoms with Crippen LogP contribution in [0.2, 0.25) is 0 Å². The molecule has 20 heterocycles. The molecule has 20 fully saturated rings. The zero-order chi connectivity index (χ0) is 71.4. The minimum atomic E-state index is -2.32. The van der Waals surface area contributed by atoms with Crippen LogP contribution in [-0.4, -0.2) is 421 Å². The predicted molar refractivity (Wildman–Crippen MR) is 323 cm³/mol. The van der Waals surface area contributed by atoms with Crippen molar-refractivity contribution in [2.24, 2.45) is 5.73 Å². The van der Waals surface area contributed by atoms with Crippen molar-refractivity contribution in [3.8, 4) is 0 Å². The monoisotopic (exact) mass is 1440 g/mol. The predicted octanol–water partition coefficient (Wildman–Crippen LogP) is -14.5. The summed E-state index contributed by atoms with van der Waals surface area (Å²) in [7, 11) is 12.3. The highest BCUT2D eigenvalue weighted by molar-refractivity contribution is 7.99. The Morgan fingerprint density at radius 2 is 0.763 bits per heavy atom. The maximum atomic E-state index is 13.0. The molecule has 0 aliphatic carbocycles. The molecule has 0 saturated carbocycles. The van der Waals surface area contributed by atoms with Gasteiger partial charge in [-0.25, -0.2) is 9.78 Å². The van der Waals surface area contributed by atoms with E-state index in [1.165, 1.54) is 0 Å². The lowest BCUT2D eigenvalue weighted by molar-refractivity contribution is -0.431. The summed E-state index contributed by atoms with van der Waals surface area (Å²) < 4.78 is 70.8. The lowest BCUT2D eigenvalue weighted by atomic mass is 9.51. The standard InChI is InChI=1S/C53H88B4N2O36S2/c1-3-4-5-25(66)59-17(47(81)57-55)12-97-14-24-45-32(73)38(79)53(87-24)91-42-21(9-63)83-49(34(75)28(42)69)89-40-19(7-61)85-51(36(77)30(40)71)93-44-23(13-96-11-16(58)46(80)56-54)86-52(37(78)31(44)72)90-41-20(8-62)82-48(33(74)27(41)68)88-39-18(6-60)84-50(35(76)29(39)70)92-43(26(67)15(2)65)22(10-64)94-95-45/h15-24,26-45,48-53,60-65,67-79H,3-14,58H2,1-2H3,(H,59,66)/t15-,16-,17-,18?,19?,20?,21?,22?,23?,24?,26?,27?,28?,29?,30?,31?,32?,33?,34?,35?,36?,37?,38?,39?,40?,41?,42?,43?,44?,45?,48?,49?,50?,51?,52?,53?/m1/s1. The van der Waals surface area contributed by atoms with Crippen molar-refractivity contribution in [2.75, 3.05) is 56.0 Å². The molecule has 20 aliphatic rings. The second-order valence-electron chi connectivity index (χ2n) is 24.1. The molecule has 97 heavy (non-hydrogen) atoms. The average Bonchev–Trinajstić information content (AvgIpc) is 0.780. The molecule has 33 unspecified atom stereocenters. The van der Waals surface area contributed by atoms with Crippen LogP contribution in [-0.2, 0) is 81.0 Å². The highest BCUT2D eigenvalue weighted by Gasteiger charge is 2.59. The Morgan fingerprint density at radius 3 is 1.10 bits per heavy atom. The molecule has 0 aromatic rings. The van der Waals surface area contributed by atoms with Gasteiger partial charge in [0.1, 0.15) is 173 Å². The third kappa shape index (κ3) is 19.9. The average molecular weight is 1440 g/mol. The molecular formula is C53H88B4N2O36S2. The number of nitrogens with two attached hydrogens (primary N) is 1. The Bertz CT molecular complexity index is 2410. The van der Waals surface area contributed by atoms with Crippen molar-refractivity contribution in [1.29, 1.82) is 0 Å². The van der Waals surface area contributed by atoms with Crippen LogP contribution >= 0.6 is 23.5 Å². The smallest absolute Gasteiger partial charge is 0.220 e. The van der Waals surface area contributed by atoms with E-state index in [0.29, 0.717) is 12.8 Å². The van der Waals surface area contributed by atoms with Crippen molar-refractivity contribution >= 4 is 70.6 Å².